The first kappa shape index (κ1) is 23.1. The Bertz CT molecular complexity index is 878. The van der Waals surface area contributed by atoms with E-state index in [0.717, 1.165) is 22.3 Å². The maximum atomic E-state index is 13.5. The van der Waals surface area contributed by atoms with E-state index in [1.54, 1.807) is 0 Å². The number of alkyl halides is 3. The fourth-order valence-corrected chi connectivity index (χ4v) is 3.77. The Balaban J connectivity index is 1.70. The SMILES string of the molecule is CC(C)(C)OC(C(CO)NC(=O)OCC1c2ccccc2-c2ccccc21)C(F)(F)F. The minimum atomic E-state index is -4.78. The van der Waals surface area contributed by atoms with Gasteiger partial charge in [-0.3, -0.25) is 0 Å². The molecule has 2 aromatic rings. The van der Waals surface area contributed by atoms with Gasteiger partial charge in [0.2, 0.25) is 0 Å². The van der Waals surface area contributed by atoms with E-state index in [9.17, 15) is 23.1 Å². The van der Waals surface area contributed by atoms with Gasteiger partial charge in [0.1, 0.15) is 6.61 Å². The molecule has 31 heavy (non-hydrogen) atoms. The maximum absolute atomic E-state index is 13.5. The number of nitrogens with one attached hydrogen (secondary N) is 1. The van der Waals surface area contributed by atoms with Gasteiger partial charge < -0.3 is 19.9 Å². The predicted molar refractivity (Wildman–Crippen MR) is 110 cm³/mol. The summed E-state index contributed by atoms with van der Waals surface area (Å²) in [5.74, 6) is -0.227. The lowest BCUT2D eigenvalue weighted by atomic mass is 9.98. The van der Waals surface area contributed by atoms with Gasteiger partial charge in [-0.1, -0.05) is 48.5 Å². The van der Waals surface area contributed by atoms with E-state index in [4.69, 9.17) is 9.47 Å². The van der Waals surface area contributed by atoms with Crippen LogP contribution < -0.4 is 5.32 Å². The van der Waals surface area contributed by atoms with Crippen molar-refractivity contribution in [3.05, 3.63) is 59.7 Å². The van der Waals surface area contributed by atoms with Crippen molar-refractivity contribution in [1.29, 1.82) is 0 Å². The number of fused-ring (bicyclic) bond motifs is 3. The number of alkyl carbamates (subject to hydrolysis) is 1. The fraction of sp³-hybridized carbons (Fsp3) is 0.435. The van der Waals surface area contributed by atoms with Crippen molar-refractivity contribution in [3.8, 4) is 11.1 Å². The van der Waals surface area contributed by atoms with Crippen molar-refractivity contribution in [3.63, 3.8) is 0 Å². The van der Waals surface area contributed by atoms with Crippen molar-refractivity contribution in [2.45, 2.75) is 50.6 Å². The molecule has 0 saturated carbocycles. The molecule has 0 aliphatic heterocycles. The van der Waals surface area contributed by atoms with E-state index >= 15 is 0 Å². The standard InChI is InChI=1S/C23H26F3NO4/c1-22(2,3)31-20(23(24,25)26)19(12-28)27-21(29)30-13-18-16-10-6-4-8-14(16)15-9-5-7-11-17(15)18/h4-11,18-20,28H,12-13H2,1-3H3,(H,27,29). The second kappa shape index (κ2) is 8.88. The summed E-state index contributed by atoms with van der Waals surface area (Å²) in [6.45, 7) is 3.40. The van der Waals surface area contributed by atoms with Gasteiger partial charge >= 0.3 is 12.3 Å². The van der Waals surface area contributed by atoms with Crippen LogP contribution in [0.15, 0.2) is 48.5 Å². The third-order valence-corrected chi connectivity index (χ3v) is 5.01. The first-order valence-electron chi connectivity index (χ1n) is 9.98. The van der Waals surface area contributed by atoms with Crippen molar-refractivity contribution in [1.82, 2.24) is 5.32 Å². The molecule has 0 spiro atoms. The summed E-state index contributed by atoms with van der Waals surface area (Å²) in [6.07, 6.45) is -8.21. The normalized spacial score (nSPS) is 15.7. The van der Waals surface area contributed by atoms with Gasteiger partial charge in [0.05, 0.1) is 18.2 Å². The van der Waals surface area contributed by atoms with Crippen LogP contribution in [0.1, 0.15) is 37.8 Å². The van der Waals surface area contributed by atoms with Gasteiger partial charge in [-0.2, -0.15) is 13.2 Å². The third-order valence-electron chi connectivity index (χ3n) is 5.01. The topological polar surface area (TPSA) is 67.8 Å². The van der Waals surface area contributed by atoms with Gasteiger partial charge in [-0.05, 0) is 43.0 Å². The summed E-state index contributed by atoms with van der Waals surface area (Å²) in [4.78, 5) is 12.3. The average Bonchev–Trinajstić information content (AvgIpc) is 3.01. The number of ether oxygens (including phenoxy) is 2. The molecular weight excluding hydrogens is 411 g/mol. The fourth-order valence-electron chi connectivity index (χ4n) is 3.77. The molecule has 1 aliphatic rings. The van der Waals surface area contributed by atoms with Crippen LogP contribution in [0, 0.1) is 0 Å². The second-order valence-electron chi connectivity index (χ2n) is 8.45. The summed E-state index contributed by atoms with van der Waals surface area (Å²) < 4.78 is 50.8. The molecule has 2 N–H and O–H groups in total. The molecule has 1 aliphatic carbocycles. The molecule has 2 unspecified atom stereocenters. The van der Waals surface area contributed by atoms with Gasteiger partial charge in [-0.15, -0.1) is 0 Å². The monoisotopic (exact) mass is 437 g/mol. The molecule has 0 heterocycles. The van der Waals surface area contributed by atoms with Gasteiger partial charge in [0, 0.05) is 5.92 Å². The van der Waals surface area contributed by atoms with Crippen LogP contribution in [-0.4, -0.2) is 48.3 Å². The molecule has 0 fully saturated rings. The zero-order valence-electron chi connectivity index (χ0n) is 17.6. The zero-order valence-corrected chi connectivity index (χ0v) is 17.6. The van der Waals surface area contributed by atoms with E-state index in [-0.39, 0.29) is 12.5 Å². The Morgan fingerprint density at radius 1 is 1.03 bits per heavy atom. The number of amides is 1. The molecule has 0 bridgehead atoms. The van der Waals surface area contributed by atoms with Gasteiger partial charge in [-0.25, -0.2) is 4.79 Å². The summed E-state index contributed by atoms with van der Waals surface area (Å²) >= 11 is 0. The van der Waals surface area contributed by atoms with E-state index in [1.165, 1.54) is 20.8 Å². The van der Waals surface area contributed by atoms with Gasteiger partial charge in [0.25, 0.3) is 0 Å². The van der Waals surface area contributed by atoms with E-state index in [1.807, 2.05) is 48.5 Å². The molecular formula is C23H26F3NO4. The van der Waals surface area contributed by atoms with Crippen LogP contribution in [-0.2, 0) is 9.47 Å². The summed E-state index contributed by atoms with van der Waals surface area (Å²) in [5.41, 5.74) is 2.92. The maximum Gasteiger partial charge on any atom is 0.416 e. The molecule has 2 aromatic carbocycles. The number of halogens is 3. The molecule has 5 nitrogen and oxygen atoms in total. The number of aliphatic hydroxyl groups excluding tert-OH is 1. The lowest BCUT2D eigenvalue weighted by molar-refractivity contribution is -0.255. The van der Waals surface area contributed by atoms with Crippen LogP contribution >= 0.6 is 0 Å². The first-order valence-corrected chi connectivity index (χ1v) is 9.98. The molecule has 0 aromatic heterocycles. The molecule has 2 atom stereocenters. The summed E-state index contributed by atoms with van der Waals surface area (Å²) in [7, 11) is 0. The molecule has 0 saturated heterocycles. The summed E-state index contributed by atoms with van der Waals surface area (Å²) in [6, 6.07) is 13.8. The minimum absolute atomic E-state index is 0.0468. The third kappa shape index (κ3) is 5.37. The van der Waals surface area contributed by atoms with Crippen molar-refractivity contribution < 1.29 is 32.5 Å². The summed E-state index contributed by atoms with van der Waals surface area (Å²) in [5, 5.41) is 11.6. The minimum Gasteiger partial charge on any atom is -0.449 e. The average molecular weight is 437 g/mol. The number of carbonyl (C=O) groups excluding carboxylic acids is 1. The van der Waals surface area contributed by atoms with Crippen LogP contribution in [0.5, 0.6) is 0 Å². The number of hydrogen-bond acceptors (Lipinski definition) is 4. The molecule has 1 amide bonds. The number of hydrogen-bond donors (Lipinski definition) is 2. The van der Waals surface area contributed by atoms with Gasteiger partial charge in [0.15, 0.2) is 6.10 Å². The Morgan fingerprint density at radius 3 is 2.00 bits per heavy atom. The smallest absolute Gasteiger partial charge is 0.416 e. The van der Waals surface area contributed by atoms with Crippen molar-refractivity contribution >= 4 is 6.09 Å². The number of aliphatic hydroxyl groups is 1. The lowest BCUT2D eigenvalue weighted by Gasteiger charge is -2.33. The highest BCUT2D eigenvalue weighted by Crippen LogP contribution is 2.44. The Hall–Kier alpha value is -2.58. The number of carbonyl (C=O) groups is 1. The predicted octanol–water partition coefficient (Wildman–Crippen LogP) is 4.63. The van der Waals surface area contributed by atoms with Crippen molar-refractivity contribution in [2.24, 2.45) is 0 Å². The highest BCUT2D eigenvalue weighted by molar-refractivity contribution is 5.79. The van der Waals surface area contributed by atoms with Crippen LogP contribution in [0.4, 0.5) is 18.0 Å². The number of rotatable bonds is 6. The highest BCUT2D eigenvalue weighted by atomic mass is 19.4. The largest absolute Gasteiger partial charge is 0.449 e. The highest BCUT2D eigenvalue weighted by Gasteiger charge is 2.48. The Morgan fingerprint density at radius 2 is 1.55 bits per heavy atom. The Labute approximate surface area is 179 Å². The van der Waals surface area contributed by atoms with Crippen LogP contribution in [0.25, 0.3) is 11.1 Å². The quantitative estimate of drug-likeness (QED) is 0.692. The Kier molecular flexibility index (Phi) is 6.62. The molecule has 168 valence electrons. The zero-order chi connectivity index (χ0) is 22.8. The van der Waals surface area contributed by atoms with Crippen molar-refractivity contribution in [2.75, 3.05) is 13.2 Å². The second-order valence-corrected chi connectivity index (χ2v) is 8.45. The van der Waals surface area contributed by atoms with Crippen LogP contribution in [0.2, 0.25) is 0 Å². The lowest BCUT2D eigenvalue weighted by Crippen LogP contribution is -2.55. The first-order chi connectivity index (χ1) is 14.5. The van der Waals surface area contributed by atoms with E-state index in [2.05, 4.69) is 5.32 Å². The molecule has 8 heteroatoms. The molecule has 0 radical (unpaired) electrons. The van der Waals surface area contributed by atoms with Crippen LogP contribution in [0.3, 0.4) is 0 Å². The molecule has 3 rings (SSSR count). The number of benzene rings is 2. The van der Waals surface area contributed by atoms with E-state index in [0.29, 0.717) is 0 Å². The van der Waals surface area contributed by atoms with E-state index < -0.39 is 36.6 Å².